The van der Waals surface area contributed by atoms with Crippen LogP contribution in [0.5, 0.6) is 0 Å². The highest BCUT2D eigenvalue weighted by molar-refractivity contribution is 5.60. The predicted octanol–water partition coefficient (Wildman–Crippen LogP) is 3.38. The minimum atomic E-state index is 0.654. The Bertz CT molecular complexity index is 521. The van der Waals surface area contributed by atoms with E-state index in [-0.39, 0.29) is 0 Å². The molecule has 0 fully saturated rings. The van der Waals surface area contributed by atoms with Gasteiger partial charge >= 0.3 is 0 Å². The maximum atomic E-state index is 4.46. The van der Waals surface area contributed by atoms with Crippen LogP contribution in [0.3, 0.4) is 0 Å². The number of nitrogens with zero attached hydrogens (tertiary/aromatic N) is 2. The molecule has 3 nitrogen and oxygen atoms in total. The lowest BCUT2D eigenvalue weighted by atomic mass is 10.00. The largest absolute Gasteiger partial charge is 0.357 e. The van der Waals surface area contributed by atoms with Crippen molar-refractivity contribution in [1.29, 1.82) is 0 Å². The van der Waals surface area contributed by atoms with Crippen LogP contribution in [0.4, 0.5) is 5.95 Å². The quantitative estimate of drug-likeness (QED) is 0.891. The molecule has 0 unspecified atom stereocenters. The van der Waals surface area contributed by atoms with E-state index in [4.69, 9.17) is 0 Å². The fourth-order valence-corrected chi connectivity index (χ4v) is 1.97. The first-order valence-electron chi connectivity index (χ1n) is 6.29. The molecule has 0 saturated carbocycles. The Labute approximate surface area is 108 Å². The maximum Gasteiger partial charge on any atom is 0.222 e. The van der Waals surface area contributed by atoms with Crippen LogP contribution < -0.4 is 5.32 Å². The molecule has 18 heavy (non-hydrogen) atoms. The van der Waals surface area contributed by atoms with Gasteiger partial charge in [-0.25, -0.2) is 9.97 Å². The molecule has 0 radical (unpaired) electrons. The van der Waals surface area contributed by atoms with Crippen molar-refractivity contribution in [2.24, 2.45) is 5.92 Å². The van der Waals surface area contributed by atoms with E-state index in [2.05, 4.69) is 53.4 Å². The zero-order valence-electron chi connectivity index (χ0n) is 11.1. The van der Waals surface area contributed by atoms with Crippen LogP contribution in [0.1, 0.15) is 19.4 Å². The first kappa shape index (κ1) is 12.6. The lowest BCUT2D eigenvalue weighted by molar-refractivity contribution is 0.647. The number of hydrogen-bond acceptors (Lipinski definition) is 3. The van der Waals surface area contributed by atoms with Crippen molar-refractivity contribution >= 4 is 5.95 Å². The summed E-state index contributed by atoms with van der Waals surface area (Å²) in [6.45, 7) is 4.47. The van der Waals surface area contributed by atoms with Crippen molar-refractivity contribution in [2.75, 3.05) is 12.4 Å². The Balaban J connectivity index is 2.32. The first-order valence-corrected chi connectivity index (χ1v) is 6.29. The lowest BCUT2D eigenvalue weighted by Gasteiger charge is -2.08. The van der Waals surface area contributed by atoms with E-state index in [1.165, 1.54) is 5.56 Å². The van der Waals surface area contributed by atoms with E-state index in [0.29, 0.717) is 11.9 Å². The third kappa shape index (κ3) is 3.06. The summed E-state index contributed by atoms with van der Waals surface area (Å²) < 4.78 is 0. The smallest absolute Gasteiger partial charge is 0.222 e. The minimum absolute atomic E-state index is 0.654. The van der Waals surface area contributed by atoms with E-state index in [1.54, 1.807) is 6.20 Å². The Morgan fingerprint density at radius 2 is 2.06 bits per heavy atom. The predicted molar refractivity (Wildman–Crippen MR) is 75.6 cm³/mol. The van der Waals surface area contributed by atoms with Gasteiger partial charge in [0.1, 0.15) is 0 Å². The summed E-state index contributed by atoms with van der Waals surface area (Å²) in [5, 5.41) is 2.96. The molecule has 0 bridgehead atoms. The molecule has 0 atom stereocenters. The second kappa shape index (κ2) is 5.63. The van der Waals surface area contributed by atoms with Crippen LogP contribution in [0.25, 0.3) is 11.3 Å². The highest BCUT2D eigenvalue weighted by Gasteiger charge is 2.03. The summed E-state index contributed by atoms with van der Waals surface area (Å²) in [7, 11) is 1.83. The third-order valence-corrected chi connectivity index (χ3v) is 2.75. The van der Waals surface area contributed by atoms with Gasteiger partial charge in [0.05, 0.1) is 5.69 Å². The SMILES string of the molecule is CNc1nccc(-c2cccc(CC(C)C)c2)n1. The Morgan fingerprint density at radius 1 is 1.22 bits per heavy atom. The van der Waals surface area contributed by atoms with Crippen LogP contribution in [-0.2, 0) is 6.42 Å². The van der Waals surface area contributed by atoms with E-state index >= 15 is 0 Å². The number of nitrogens with one attached hydrogen (secondary N) is 1. The summed E-state index contributed by atoms with van der Waals surface area (Å²) >= 11 is 0. The second-order valence-electron chi connectivity index (χ2n) is 4.81. The highest BCUT2D eigenvalue weighted by atomic mass is 15.1. The van der Waals surface area contributed by atoms with Crippen LogP contribution >= 0.6 is 0 Å². The van der Waals surface area contributed by atoms with Crippen LogP contribution in [0, 0.1) is 5.92 Å². The van der Waals surface area contributed by atoms with Gasteiger partial charge in [-0.05, 0) is 30.0 Å². The monoisotopic (exact) mass is 241 g/mol. The molecule has 2 aromatic rings. The van der Waals surface area contributed by atoms with Crippen LogP contribution in [0.2, 0.25) is 0 Å². The molecule has 0 aliphatic carbocycles. The lowest BCUT2D eigenvalue weighted by Crippen LogP contribution is -1.97. The van der Waals surface area contributed by atoms with Crippen LogP contribution in [-0.4, -0.2) is 17.0 Å². The average Bonchev–Trinajstić information content (AvgIpc) is 2.38. The fraction of sp³-hybridized carbons (Fsp3) is 0.333. The van der Waals surface area contributed by atoms with E-state index < -0.39 is 0 Å². The van der Waals surface area contributed by atoms with Crippen molar-refractivity contribution in [3.05, 3.63) is 42.1 Å². The van der Waals surface area contributed by atoms with Crippen molar-refractivity contribution in [3.8, 4) is 11.3 Å². The Morgan fingerprint density at radius 3 is 2.78 bits per heavy atom. The van der Waals surface area contributed by atoms with Gasteiger partial charge in [-0.2, -0.15) is 0 Å². The zero-order valence-corrected chi connectivity index (χ0v) is 11.1. The Hall–Kier alpha value is -1.90. The molecule has 3 heteroatoms. The number of hydrogen-bond donors (Lipinski definition) is 1. The molecular formula is C15H19N3. The van der Waals surface area contributed by atoms with Gasteiger partial charge in [0.25, 0.3) is 0 Å². The van der Waals surface area contributed by atoms with Crippen LogP contribution in [0.15, 0.2) is 36.5 Å². The number of benzene rings is 1. The third-order valence-electron chi connectivity index (χ3n) is 2.75. The zero-order chi connectivity index (χ0) is 13.0. The molecule has 1 aromatic carbocycles. The average molecular weight is 241 g/mol. The molecule has 1 N–H and O–H groups in total. The number of anilines is 1. The summed E-state index contributed by atoms with van der Waals surface area (Å²) in [4.78, 5) is 8.59. The molecule has 2 rings (SSSR count). The molecule has 0 saturated heterocycles. The first-order chi connectivity index (χ1) is 8.69. The van der Waals surface area contributed by atoms with E-state index in [1.807, 2.05) is 13.1 Å². The molecule has 0 aliphatic rings. The summed E-state index contributed by atoms with van der Waals surface area (Å²) in [5.74, 6) is 1.32. The molecule has 94 valence electrons. The van der Waals surface area contributed by atoms with Crippen molar-refractivity contribution in [3.63, 3.8) is 0 Å². The standard InChI is InChI=1S/C15H19N3/c1-11(2)9-12-5-4-6-13(10-12)14-7-8-17-15(16-3)18-14/h4-8,10-11H,9H2,1-3H3,(H,16,17,18). The van der Waals surface area contributed by atoms with Gasteiger partial charge in [-0.1, -0.05) is 32.0 Å². The maximum absolute atomic E-state index is 4.46. The van der Waals surface area contributed by atoms with E-state index in [9.17, 15) is 0 Å². The van der Waals surface area contributed by atoms with Gasteiger partial charge < -0.3 is 5.32 Å². The van der Waals surface area contributed by atoms with Crippen molar-refractivity contribution in [1.82, 2.24) is 9.97 Å². The second-order valence-corrected chi connectivity index (χ2v) is 4.81. The molecule has 0 spiro atoms. The van der Waals surface area contributed by atoms with Crippen molar-refractivity contribution in [2.45, 2.75) is 20.3 Å². The molecule has 0 amide bonds. The topological polar surface area (TPSA) is 37.8 Å². The van der Waals surface area contributed by atoms with Gasteiger partial charge in [0.15, 0.2) is 0 Å². The minimum Gasteiger partial charge on any atom is -0.357 e. The number of rotatable bonds is 4. The normalized spacial score (nSPS) is 10.7. The highest BCUT2D eigenvalue weighted by Crippen LogP contribution is 2.20. The molecular weight excluding hydrogens is 222 g/mol. The molecule has 0 aliphatic heterocycles. The fourth-order valence-electron chi connectivity index (χ4n) is 1.97. The summed E-state index contributed by atoms with van der Waals surface area (Å²) in [6.07, 6.45) is 2.88. The van der Waals surface area contributed by atoms with E-state index in [0.717, 1.165) is 17.7 Å². The molecule has 1 aromatic heterocycles. The van der Waals surface area contributed by atoms with Gasteiger partial charge in [0, 0.05) is 18.8 Å². The van der Waals surface area contributed by atoms with Gasteiger partial charge in [-0.15, -0.1) is 0 Å². The molecule has 1 heterocycles. The van der Waals surface area contributed by atoms with Crippen molar-refractivity contribution < 1.29 is 0 Å². The van der Waals surface area contributed by atoms with Gasteiger partial charge in [-0.3, -0.25) is 0 Å². The Kier molecular flexibility index (Phi) is 3.92. The van der Waals surface area contributed by atoms with Gasteiger partial charge in [0.2, 0.25) is 5.95 Å². The summed E-state index contributed by atoms with van der Waals surface area (Å²) in [6, 6.07) is 10.5. The summed E-state index contributed by atoms with van der Waals surface area (Å²) in [5.41, 5.74) is 3.46. The number of aromatic nitrogens is 2.